The third-order valence-electron chi connectivity index (χ3n) is 3.76. The number of ether oxygens (including phenoxy) is 1. The van der Waals surface area contributed by atoms with Gasteiger partial charge in [0, 0.05) is 10.6 Å². The molecule has 0 saturated carbocycles. The van der Waals surface area contributed by atoms with Gasteiger partial charge in [-0.3, -0.25) is 0 Å². The zero-order chi connectivity index (χ0) is 15.5. The van der Waals surface area contributed by atoms with Gasteiger partial charge in [0.25, 0.3) is 0 Å². The summed E-state index contributed by atoms with van der Waals surface area (Å²) in [6.07, 6.45) is -0.373. The third-order valence-corrected chi connectivity index (χ3v) is 4.90. The van der Waals surface area contributed by atoms with Crippen molar-refractivity contribution in [2.75, 3.05) is 6.61 Å². The Morgan fingerprint density at radius 2 is 2.09 bits per heavy atom. The molecular weight excluding hydrogens is 294 g/mol. The first-order valence-corrected chi connectivity index (χ1v) is 8.42. The highest BCUT2D eigenvalue weighted by atomic mass is 32.2. The maximum absolute atomic E-state index is 12.0. The van der Waals surface area contributed by atoms with Gasteiger partial charge in [0.05, 0.1) is 12.6 Å². The van der Waals surface area contributed by atoms with Gasteiger partial charge in [-0.15, -0.1) is 11.8 Å². The van der Waals surface area contributed by atoms with E-state index in [-0.39, 0.29) is 12.1 Å². The van der Waals surface area contributed by atoms with Gasteiger partial charge >= 0.3 is 6.09 Å². The second-order valence-corrected chi connectivity index (χ2v) is 6.34. The molecule has 114 valence electrons. The maximum Gasteiger partial charge on any atom is 0.407 e. The van der Waals surface area contributed by atoms with E-state index in [4.69, 9.17) is 4.74 Å². The highest BCUT2D eigenvalue weighted by molar-refractivity contribution is 7.98. The van der Waals surface area contributed by atoms with E-state index in [9.17, 15) is 4.79 Å². The van der Waals surface area contributed by atoms with Crippen LogP contribution in [-0.4, -0.2) is 12.7 Å². The van der Waals surface area contributed by atoms with Crippen LogP contribution in [0, 0.1) is 6.92 Å². The van der Waals surface area contributed by atoms with Crippen molar-refractivity contribution >= 4 is 17.9 Å². The Labute approximate surface area is 135 Å². The summed E-state index contributed by atoms with van der Waals surface area (Å²) in [5, 5.41) is 3.02. The Morgan fingerprint density at radius 1 is 1.27 bits per heavy atom. The minimum Gasteiger partial charge on any atom is -0.450 e. The van der Waals surface area contributed by atoms with Crippen molar-refractivity contribution in [1.82, 2.24) is 5.32 Å². The average Bonchev–Trinajstić information content (AvgIpc) is 2.66. The normalized spacial score (nSPS) is 16.2. The molecule has 2 aromatic rings. The zero-order valence-electron chi connectivity index (χ0n) is 12.8. The van der Waals surface area contributed by atoms with Crippen LogP contribution in [0.25, 0.3) is 0 Å². The molecule has 1 atom stereocenters. The van der Waals surface area contributed by atoms with Crippen molar-refractivity contribution in [2.24, 2.45) is 0 Å². The smallest absolute Gasteiger partial charge is 0.407 e. The number of hydrogen-bond acceptors (Lipinski definition) is 3. The molecule has 2 aromatic carbocycles. The highest BCUT2D eigenvalue weighted by Gasteiger charge is 2.25. The summed E-state index contributed by atoms with van der Waals surface area (Å²) >= 11 is 1.81. The number of benzene rings is 2. The van der Waals surface area contributed by atoms with Gasteiger partial charge in [0.2, 0.25) is 0 Å². The quantitative estimate of drug-likeness (QED) is 0.891. The molecule has 0 bridgehead atoms. The molecule has 0 fully saturated rings. The zero-order valence-corrected chi connectivity index (χ0v) is 13.6. The molecule has 3 nitrogen and oxygen atoms in total. The number of alkyl carbamates (subject to hydrolysis) is 1. The molecule has 0 spiro atoms. The predicted octanol–water partition coefficient (Wildman–Crippen LogP) is 4.44. The molecule has 0 saturated heterocycles. The number of carbonyl (C=O) groups excluding carboxylic acids is 1. The molecule has 22 heavy (non-hydrogen) atoms. The first kappa shape index (κ1) is 15.0. The second-order valence-electron chi connectivity index (χ2n) is 5.33. The molecule has 3 rings (SSSR count). The highest BCUT2D eigenvalue weighted by Crippen LogP contribution is 2.39. The Balaban J connectivity index is 2.08. The van der Waals surface area contributed by atoms with Gasteiger partial charge in [-0.25, -0.2) is 4.79 Å². The molecule has 1 heterocycles. The molecule has 1 amide bonds. The van der Waals surface area contributed by atoms with E-state index in [0.29, 0.717) is 6.61 Å². The maximum atomic E-state index is 12.0. The van der Waals surface area contributed by atoms with Crippen molar-refractivity contribution in [3.8, 4) is 0 Å². The first-order valence-electron chi connectivity index (χ1n) is 7.43. The number of rotatable bonds is 2. The van der Waals surface area contributed by atoms with E-state index in [1.54, 1.807) is 0 Å². The van der Waals surface area contributed by atoms with E-state index in [1.165, 1.54) is 16.0 Å². The minimum absolute atomic E-state index is 0.167. The summed E-state index contributed by atoms with van der Waals surface area (Å²) in [4.78, 5) is 13.2. The number of nitrogens with one attached hydrogen (secondary N) is 1. The molecule has 1 aliphatic heterocycles. The fraction of sp³-hybridized carbons (Fsp3) is 0.278. The largest absolute Gasteiger partial charge is 0.450 e. The van der Waals surface area contributed by atoms with Crippen LogP contribution in [0.3, 0.4) is 0 Å². The minimum atomic E-state index is -0.373. The van der Waals surface area contributed by atoms with Gasteiger partial charge in [-0.05, 0) is 36.6 Å². The van der Waals surface area contributed by atoms with E-state index >= 15 is 0 Å². The van der Waals surface area contributed by atoms with Crippen LogP contribution in [0.2, 0.25) is 0 Å². The van der Waals surface area contributed by atoms with Crippen LogP contribution in [0.4, 0.5) is 4.79 Å². The summed E-state index contributed by atoms with van der Waals surface area (Å²) < 4.78 is 5.09. The van der Waals surface area contributed by atoms with Gasteiger partial charge in [0.1, 0.15) is 0 Å². The molecule has 0 unspecified atom stereocenters. The van der Waals surface area contributed by atoms with Gasteiger partial charge in [0.15, 0.2) is 0 Å². The van der Waals surface area contributed by atoms with Crippen molar-refractivity contribution in [2.45, 2.75) is 30.5 Å². The molecule has 1 aliphatic rings. The van der Waals surface area contributed by atoms with Crippen LogP contribution in [0.5, 0.6) is 0 Å². The lowest BCUT2D eigenvalue weighted by atomic mass is 9.94. The van der Waals surface area contributed by atoms with Crippen molar-refractivity contribution in [1.29, 1.82) is 0 Å². The molecule has 0 radical (unpaired) electrons. The lowest BCUT2D eigenvalue weighted by molar-refractivity contribution is 0.149. The lowest BCUT2D eigenvalue weighted by Gasteiger charge is -2.21. The molecule has 0 aromatic heterocycles. The van der Waals surface area contributed by atoms with Gasteiger partial charge < -0.3 is 10.1 Å². The molecule has 1 N–H and O–H groups in total. The first-order chi connectivity index (χ1) is 10.7. The Morgan fingerprint density at radius 3 is 2.91 bits per heavy atom. The van der Waals surface area contributed by atoms with E-state index < -0.39 is 0 Å². The van der Waals surface area contributed by atoms with E-state index in [1.807, 2.05) is 30.8 Å². The van der Waals surface area contributed by atoms with Crippen LogP contribution in [0.1, 0.15) is 35.2 Å². The Hall–Kier alpha value is -1.94. The summed E-state index contributed by atoms with van der Waals surface area (Å²) in [7, 11) is 0. The van der Waals surface area contributed by atoms with E-state index in [2.05, 4.69) is 42.6 Å². The molecule has 4 heteroatoms. The standard InChI is InChI=1S/C18H19NO2S/c1-3-21-18(20)19-17-14-7-5-4-6-13(14)11-22-16-9-8-12(2)10-15(16)17/h4-10,17H,3,11H2,1-2H3,(H,19,20)/t17-/m0/s1. The fourth-order valence-electron chi connectivity index (χ4n) is 2.74. The predicted molar refractivity (Wildman–Crippen MR) is 89.2 cm³/mol. The van der Waals surface area contributed by atoms with Crippen LogP contribution in [-0.2, 0) is 10.5 Å². The number of carbonyl (C=O) groups is 1. The fourth-order valence-corrected chi connectivity index (χ4v) is 3.82. The third kappa shape index (κ3) is 2.97. The van der Waals surface area contributed by atoms with Gasteiger partial charge in [-0.1, -0.05) is 42.0 Å². The van der Waals surface area contributed by atoms with Crippen molar-refractivity contribution in [3.63, 3.8) is 0 Å². The van der Waals surface area contributed by atoms with Crippen molar-refractivity contribution in [3.05, 3.63) is 64.7 Å². The topological polar surface area (TPSA) is 38.3 Å². The Kier molecular flexibility index (Phi) is 4.39. The number of aryl methyl sites for hydroxylation is 1. The lowest BCUT2D eigenvalue weighted by Crippen LogP contribution is -2.30. The molecular formula is C18H19NO2S. The SMILES string of the molecule is CCOC(=O)N[C@H]1c2ccccc2CSc2ccc(C)cc21. The van der Waals surface area contributed by atoms with Crippen LogP contribution < -0.4 is 5.32 Å². The number of thioether (sulfide) groups is 1. The van der Waals surface area contributed by atoms with Crippen molar-refractivity contribution < 1.29 is 9.53 Å². The number of hydrogen-bond donors (Lipinski definition) is 1. The van der Waals surface area contributed by atoms with Crippen LogP contribution >= 0.6 is 11.8 Å². The second kappa shape index (κ2) is 6.44. The Bertz CT molecular complexity index is 699. The number of amides is 1. The summed E-state index contributed by atoms with van der Waals surface area (Å²) in [5.41, 5.74) is 4.73. The summed E-state index contributed by atoms with van der Waals surface area (Å²) in [6, 6.07) is 14.5. The summed E-state index contributed by atoms with van der Waals surface area (Å²) in [5.74, 6) is 0.910. The van der Waals surface area contributed by atoms with Crippen LogP contribution in [0.15, 0.2) is 47.4 Å². The average molecular weight is 313 g/mol. The van der Waals surface area contributed by atoms with E-state index in [0.717, 1.165) is 16.9 Å². The molecule has 0 aliphatic carbocycles. The number of fused-ring (bicyclic) bond motifs is 2. The van der Waals surface area contributed by atoms with Gasteiger partial charge in [-0.2, -0.15) is 0 Å². The monoisotopic (exact) mass is 313 g/mol. The summed E-state index contributed by atoms with van der Waals surface area (Å²) in [6.45, 7) is 4.26.